The van der Waals surface area contributed by atoms with E-state index < -0.39 is 9.84 Å². The highest BCUT2D eigenvalue weighted by Crippen LogP contribution is 2.27. The van der Waals surface area contributed by atoms with Crippen LogP contribution < -0.4 is 10.6 Å². The maximum absolute atomic E-state index is 12.7. The zero-order valence-electron chi connectivity index (χ0n) is 16.5. The van der Waals surface area contributed by atoms with E-state index in [9.17, 15) is 13.2 Å². The molecule has 5 nitrogen and oxygen atoms in total. The van der Waals surface area contributed by atoms with Crippen molar-refractivity contribution in [3.63, 3.8) is 0 Å². The summed E-state index contributed by atoms with van der Waals surface area (Å²) < 4.78 is 23.3. The summed E-state index contributed by atoms with van der Waals surface area (Å²) in [7, 11) is -3.04. The zero-order valence-corrected chi connectivity index (χ0v) is 17.3. The summed E-state index contributed by atoms with van der Waals surface area (Å²) in [6.45, 7) is 0. The minimum atomic E-state index is -3.04. The number of amides is 1. The molecule has 1 aliphatic rings. The summed E-state index contributed by atoms with van der Waals surface area (Å²) in [6, 6.07) is 27.2. The Morgan fingerprint density at radius 1 is 0.867 bits per heavy atom. The summed E-state index contributed by atoms with van der Waals surface area (Å²) in [4.78, 5) is 12.7. The van der Waals surface area contributed by atoms with Crippen molar-refractivity contribution in [2.45, 2.75) is 18.5 Å². The number of benzene rings is 3. The van der Waals surface area contributed by atoms with Crippen molar-refractivity contribution in [1.29, 1.82) is 0 Å². The molecule has 1 heterocycles. The lowest BCUT2D eigenvalue weighted by molar-refractivity contribution is 0.0941. The summed E-state index contributed by atoms with van der Waals surface area (Å²) in [5.74, 6) is -0.104. The predicted molar refractivity (Wildman–Crippen MR) is 119 cm³/mol. The summed E-state index contributed by atoms with van der Waals surface area (Å²) in [5, 5.41) is 6.39. The molecule has 0 radical (unpaired) electrons. The first kappa shape index (κ1) is 20.2. The fraction of sp³-hybridized carbons (Fsp3) is 0.208. The fourth-order valence-corrected chi connectivity index (χ4v) is 5.42. The normalized spacial score (nSPS) is 17.6. The van der Waals surface area contributed by atoms with Crippen LogP contribution in [0.15, 0.2) is 84.9 Å². The lowest BCUT2D eigenvalue weighted by Gasteiger charge is -2.21. The van der Waals surface area contributed by atoms with Gasteiger partial charge in [0.05, 0.1) is 17.5 Å². The van der Waals surface area contributed by atoms with Crippen LogP contribution in [0.1, 0.15) is 33.9 Å². The molecule has 0 unspecified atom stereocenters. The van der Waals surface area contributed by atoms with Crippen molar-refractivity contribution in [2.24, 2.45) is 0 Å². The molecule has 3 aromatic carbocycles. The molecule has 6 heteroatoms. The van der Waals surface area contributed by atoms with Crippen molar-refractivity contribution in [1.82, 2.24) is 5.32 Å². The van der Waals surface area contributed by atoms with Crippen molar-refractivity contribution in [3.05, 3.63) is 102 Å². The molecule has 30 heavy (non-hydrogen) atoms. The molecule has 0 aromatic heterocycles. The van der Waals surface area contributed by atoms with E-state index in [4.69, 9.17) is 0 Å². The van der Waals surface area contributed by atoms with E-state index in [0.29, 0.717) is 12.0 Å². The van der Waals surface area contributed by atoms with Crippen molar-refractivity contribution >= 4 is 21.4 Å². The molecule has 1 saturated heterocycles. The molecule has 1 amide bonds. The monoisotopic (exact) mass is 420 g/mol. The number of anilines is 1. The Hall–Kier alpha value is -3.12. The quantitative estimate of drug-likeness (QED) is 0.636. The van der Waals surface area contributed by atoms with E-state index in [-0.39, 0.29) is 29.5 Å². The van der Waals surface area contributed by atoms with E-state index in [1.807, 2.05) is 48.5 Å². The highest BCUT2D eigenvalue weighted by Gasteiger charge is 2.29. The van der Waals surface area contributed by atoms with E-state index in [1.54, 1.807) is 12.1 Å². The van der Waals surface area contributed by atoms with Crippen molar-refractivity contribution in [2.75, 3.05) is 16.8 Å². The minimum absolute atomic E-state index is 0.0147. The second-order valence-electron chi connectivity index (χ2n) is 7.55. The van der Waals surface area contributed by atoms with Gasteiger partial charge in [0.1, 0.15) is 0 Å². The first-order chi connectivity index (χ1) is 14.5. The Morgan fingerprint density at radius 2 is 1.50 bits per heavy atom. The summed E-state index contributed by atoms with van der Waals surface area (Å²) in [6.07, 6.45) is 0.468. The van der Waals surface area contributed by atoms with Crippen LogP contribution in [0.5, 0.6) is 0 Å². The average molecular weight is 421 g/mol. The van der Waals surface area contributed by atoms with Gasteiger partial charge in [0.2, 0.25) is 0 Å². The zero-order chi connectivity index (χ0) is 21.0. The predicted octanol–water partition coefficient (Wildman–Crippen LogP) is 3.81. The van der Waals surface area contributed by atoms with Gasteiger partial charge < -0.3 is 10.6 Å². The Labute approximate surface area is 177 Å². The molecule has 1 fully saturated rings. The Balaban J connectivity index is 1.54. The van der Waals surface area contributed by atoms with Gasteiger partial charge in [-0.05, 0) is 35.7 Å². The van der Waals surface area contributed by atoms with Crippen LogP contribution in [-0.4, -0.2) is 31.9 Å². The minimum Gasteiger partial charge on any atom is -0.374 e. The lowest BCUT2D eigenvalue weighted by Crippen LogP contribution is -2.35. The number of carbonyl (C=O) groups excluding carboxylic acids is 1. The maximum atomic E-state index is 12.7. The molecule has 0 bridgehead atoms. The van der Waals surface area contributed by atoms with Crippen LogP contribution in [0.4, 0.5) is 5.69 Å². The first-order valence-corrected chi connectivity index (χ1v) is 11.8. The molecular weight excluding hydrogens is 396 g/mol. The third-order valence-electron chi connectivity index (χ3n) is 5.27. The van der Waals surface area contributed by atoms with Crippen LogP contribution >= 0.6 is 0 Å². The third kappa shape index (κ3) is 4.89. The molecule has 0 aliphatic carbocycles. The van der Waals surface area contributed by atoms with Gasteiger partial charge in [0, 0.05) is 17.3 Å². The second-order valence-corrected chi connectivity index (χ2v) is 9.78. The number of sulfone groups is 1. The summed E-state index contributed by atoms with van der Waals surface area (Å²) in [5.41, 5.74) is 3.56. The van der Waals surface area contributed by atoms with E-state index >= 15 is 0 Å². The van der Waals surface area contributed by atoms with Crippen LogP contribution in [0.3, 0.4) is 0 Å². The molecule has 0 saturated carbocycles. The lowest BCUT2D eigenvalue weighted by atomic mass is 9.98. The molecular formula is C24H24N2O3S. The first-order valence-electron chi connectivity index (χ1n) is 9.98. The van der Waals surface area contributed by atoms with Gasteiger partial charge in [-0.3, -0.25) is 4.79 Å². The van der Waals surface area contributed by atoms with Gasteiger partial charge in [0.15, 0.2) is 9.84 Å². The van der Waals surface area contributed by atoms with Crippen molar-refractivity contribution in [3.8, 4) is 0 Å². The Kier molecular flexibility index (Phi) is 5.86. The van der Waals surface area contributed by atoms with Crippen LogP contribution in [0.2, 0.25) is 0 Å². The van der Waals surface area contributed by atoms with E-state index in [2.05, 4.69) is 34.9 Å². The largest absolute Gasteiger partial charge is 0.374 e. The number of nitrogens with one attached hydrogen (secondary N) is 2. The van der Waals surface area contributed by atoms with Crippen LogP contribution in [-0.2, 0) is 9.84 Å². The second kappa shape index (κ2) is 8.71. The van der Waals surface area contributed by atoms with Crippen LogP contribution in [0, 0.1) is 0 Å². The van der Waals surface area contributed by atoms with Gasteiger partial charge in [-0.25, -0.2) is 8.42 Å². The van der Waals surface area contributed by atoms with Gasteiger partial charge in [-0.1, -0.05) is 66.7 Å². The molecule has 3 aromatic rings. The molecule has 1 atom stereocenters. The molecule has 2 N–H and O–H groups in total. The Morgan fingerprint density at radius 3 is 2.07 bits per heavy atom. The third-order valence-corrected chi connectivity index (χ3v) is 7.04. The molecule has 1 aliphatic heterocycles. The van der Waals surface area contributed by atoms with Gasteiger partial charge in [-0.15, -0.1) is 0 Å². The number of rotatable bonds is 6. The fourth-order valence-electron chi connectivity index (χ4n) is 3.74. The SMILES string of the molecule is O=C(N[C@@H]1CCS(=O)(=O)C1)c1cccc(NC(c2ccccc2)c2ccccc2)c1. The smallest absolute Gasteiger partial charge is 0.251 e. The van der Waals surface area contributed by atoms with E-state index in [1.165, 1.54) is 0 Å². The molecule has 154 valence electrons. The van der Waals surface area contributed by atoms with E-state index in [0.717, 1.165) is 16.8 Å². The standard InChI is InChI=1S/C24H24N2O3S/c27-24(26-22-14-15-30(28,29)17-22)20-12-7-13-21(16-20)25-23(18-8-3-1-4-9-18)19-10-5-2-6-11-19/h1-13,16,22-23,25H,14-15,17H2,(H,26,27)/t22-/m1/s1. The number of carbonyl (C=O) groups is 1. The van der Waals surface area contributed by atoms with Gasteiger partial charge in [0.25, 0.3) is 5.91 Å². The Bertz CT molecular complexity index is 1080. The molecule has 0 spiro atoms. The van der Waals surface area contributed by atoms with Crippen molar-refractivity contribution < 1.29 is 13.2 Å². The summed E-state index contributed by atoms with van der Waals surface area (Å²) >= 11 is 0. The average Bonchev–Trinajstić information content (AvgIpc) is 3.11. The highest BCUT2D eigenvalue weighted by atomic mass is 32.2. The van der Waals surface area contributed by atoms with Gasteiger partial charge in [-0.2, -0.15) is 0 Å². The van der Waals surface area contributed by atoms with Gasteiger partial charge >= 0.3 is 0 Å². The number of hydrogen-bond acceptors (Lipinski definition) is 4. The maximum Gasteiger partial charge on any atom is 0.251 e. The number of hydrogen-bond donors (Lipinski definition) is 2. The van der Waals surface area contributed by atoms with Crippen LogP contribution in [0.25, 0.3) is 0 Å². The highest BCUT2D eigenvalue weighted by molar-refractivity contribution is 7.91. The molecule has 4 rings (SSSR count). The topological polar surface area (TPSA) is 75.3 Å².